The van der Waals surface area contributed by atoms with E-state index in [4.69, 9.17) is 4.74 Å². The number of aromatic nitrogens is 1. The van der Waals surface area contributed by atoms with E-state index in [2.05, 4.69) is 17.1 Å². The molecule has 0 unspecified atom stereocenters. The Morgan fingerprint density at radius 1 is 1.35 bits per heavy atom. The molecule has 4 heteroatoms. The molecule has 2 aliphatic heterocycles. The van der Waals surface area contributed by atoms with Crippen LogP contribution in [0.15, 0.2) is 24.5 Å². The molecule has 1 amide bonds. The average Bonchev–Trinajstić information content (AvgIpc) is 2.96. The van der Waals surface area contributed by atoms with Gasteiger partial charge in [-0.05, 0) is 56.2 Å². The maximum atomic E-state index is 12.6. The van der Waals surface area contributed by atoms with Gasteiger partial charge in [-0.3, -0.25) is 9.78 Å². The molecular formula is C16H22N2O2. The van der Waals surface area contributed by atoms with E-state index in [0.29, 0.717) is 5.92 Å². The van der Waals surface area contributed by atoms with Crippen molar-refractivity contribution in [2.45, 2.75) is 44.1 Å². The van der Waals surface area contributed by atoms with Gasteiger partial charge in [0.25, 0.3) is 5.91 Å². The van der Waals surface area contributed by atoms with Crippen molar-refractivity contribution in [3.8, 4) is 0 Å². The molecular weight excluding hydrogens is 252 g/mol. The van der Waals surface area contributed by atoms with Crippen LogP contribution in [-0.4, -0.2) is 41.1 Å². The highest BCUT2D eigenvalue weighted by atomic mass is 16.5. The Morgan fingerprint density at radius 3 is 2.65 bits per heavy atom. The fourth-order valence-corrected chi connectivity index (χ4v) is 3.33. The molecule has 0 aromatic carbocycles. The molecule has 1 aromatic rings. The fraction of sp³-hybridized carbons (Fsp3) is 0.625. The summed E-state index contributed by atoms with van der Waals surface area (Å²) in [6, 6.07) is 4.17. The molecule has 2 saturated heterocycles. The van der Waals surface area contributed by atoms with Gasteiger partial charge in [-0.2, -0.15) is 0 Å². The van der Waals surface area contributed by atoms with E-state index in [-0.39, 0.29) is 5.91 Å². The lowest BCUT2D eigenvalue weighted by Gasteiger charge is -2.36. The van der Waals surface area contributed by atoms with Crippen LogP contribution in [0.25, 0.3) is 0 Å². The highest BCUT2D eigenvalue weighted by molar-refractivity contribution is 5.85. The molecule has 0 bridgehead atoms. The Labute approximate surface area is 120 Å². The van der Waals surface area contributed by atoms with E-state index >= 15 is 0 Å². The second-order valence-corrected chi connectivity index (χ2v) is 6.03. The number of ether oxygens (including phenoxy) is 1. The molecule has 2 fully saturated rings. The standard InChI is InChI=1S/C16H22N2O2/c1-16(7-2-12-20-16)15(19)18-10-5-14(6-11-18)13-3-8-17-9-4-13/h3-4,8-9,14H,2,5-7,10-12H2,1H3/t16-/m1/s1. The van der Waals surface area contributed by atoms with Gasteiger partial charge < -0.3 is 9.64 Å². The Kier molecular flexibility index (Phi) is 3.74. The van der Waals surface area contributed by atoms with Crippen LogP contribution in [0.3, 0.4) is 0 Å². The zero-order valence-corrected chi connectivity index (χ0v) is 12.0. The molecule has 108 valence electrons. The number of pyridine rings is 1. The quantitative estimate of drug-likeness (QED) is 0.831. The Morgan fingerprint density at radius 2 is 2.05 bits per heavy atom. The summed E-state index contributed by atoms with van der Waals surface area (Å²) in [5.74, 6) is 0.738. The molecule has 1 aromatic heterocycles. The maximum absolute atomic E-state index is 12.6. The fourth-order valence-electron chi connectivity index (χ4n) is 3.33. The lowest BCUT2D eigenvalue weighted by Crippen LogP contribution is -2.49. The summed E-state index contributed by atoms with van der Waals surface area (Å²) < 4.78 is 5.67. The zero-order valence-electron chi connectivity index (χ0n) is 12.0. The van der Waals surface area contributed by atoms with Gasteiger partial charge in [0.15, 0.2) is 0 Å². The van der Waals surface area contributed by atoms with Crippen LogP contribution >= 0.6 is 0 Å². The number of amides is 1. The molecule has 0 N–H and O–H groups in total. The summed E-state index contributed by atoms with van der Waals surface area (Å²) >= 11 is 0. The van der Waals surface area contributed by atoms with Crippen LogP contribution in [-0.2, 0) is 9.53 Å². The molecule has 20 heavy (non-hydrogen) atoms. The van der Waals surface area contributed by atoms with Gasteiger partial charge in [0, 0.05) is 32.1 Å². The molecule has 0 saturated carbocycles. The van der Waals surface area contributed by atoms with Crippen molar-refractivity contribution in [3.63, 3.8) is 0 Å². The lowest BCUT2D eigenvalue weighted by atomic mass is 9.89. The number of hydrogen-bond donors (Lipinski definition) is 0. The van der Waals surface area contributed by atoms with Gasteiger partial charge in [-0.25, -0.2) is 0 Å². The second-order valence-electron chi connectivity index (χ2n) is 6.03. The first-order chi connectivity index (χ1) is 9.69. The van der Waals surface area contributed by atoms with Crippen molar-refractivity contribution in [2.75, 3.05) is 19.7 Å². The highest BCUT2D eigenvalue weighted by Gasteiger charge is 2.41. The third kappa shape index (κ3) is 2.57. The third-order valence-corrected chi connectivity index (χ3v) is 4.63. The van der Waals surface area contributed by atoms with Crippen molar-refractivity contribution in [1.82, 2.24) is 9.88 Å². The Bertz CT molecular complexity index is 461. The predicted octanol–water partition coefficient (Wildman–Crippen LogP) is 2.36. The van der Waals surface area contributed by atoms with Gasteiger partial charge in [-0.1, -0.05) is 0 Å². The molecule has 0 radical (unpaired) electrons. The van der Waals surface area contributed by atoms with Gasteiger partial charge in [0.05, 0.1) is 0 Å². The van der Waals surface area contributed by atoms with E-state index in [1.165, 1.54) is 5.56 Å². The number of carbonyl (C=O) groups is 1. The van der Waals surface area contributed by atoms with Crippen LogP contribution in [0.4, 0.5) is 0 Å². The Hall–Kier alpha value is -1.42. The van der Waals surface area contributed by atoms with E-state index in [0.717, 1.165) is 45.4 Å². The van der Waals surface area contributed by atoms with E-state index in [9.17, 15) is 4.79 Å². The zero-order chi connectivity index (χ0) is 14.0. The third-order valence-electron chi connectivity index (χ3n) is 4.63. The van der Waals surface area contributed by atoms with Crippen molar-refractivity contribution < 1.29 is 9.53 Å². The summed E-state index contributed by atoms with van der Waals surface area (Å²) in [7, 11) is 0. The van der Waals surface area contributed by atoms with E-state index in [1.54, 1.807) is 0 Å². The lowest BCUT2D eigenvalue weighted by molar-refractivity contribution is -0.152. The first-order valence-corrected chi connectivity index (χ1v) is 7.52. The number of rotatable bonds is 2. The Balaban J connectivity index is 1.60. The van der Waals surface area contributed by atoms with Gasteiger partial charge in [-0.15, -0.1) is 0 Å². The number of hydrogen-bond acceptors (Lipinski definition) is 3. The van der Waals surface area contributed by atoms with Crippen LogP contribution in [0, 0.1) is 0 Å². The van der Waals surface area contributed by atoms with Crippen LogP contribution in [0.5, 0.6) is 0 Å². The van der Waals surface area contributed by atoms with E-state index in [1.807, 2.05) is 24.2 Å². The molecule has 3 heterocycles. The van der Waals surface area contributed by atoms with Crippen molar-refractivity contribution in [3.05, 3.63) is 30.1 Å². The number of piperidine rings is 1. The molecule has 0 spiro atoms. The predicted molar refractivity (Wildman–Crippen MR) is 76.4 cm³/mol. The normalized spacial score (nSPS) is 27.8. The molecule has 3 rings (SSSR count). The number of likely N-dealkylation sites (tertiary alicyclic amines) is 1. The van der Waals surface area contributed by atoms with Gasteiger partial charge >= 0.3 is 0 Å². The highest BCUT2D eigenvalue weighted by Crippen LogP contribution is 2.32. The summed E-state index contributed by atoms with van der Waals surface area (Å²) in [5, 5.41) is 0. The summed E-state index contributed by atoms with van der Waals surface area (Å²) in [6.45, 7) is 4.34. The molecule has 4 nitrogen and oxygen atoms in total. The second kappa shape index (κ2) is 5.52. The first-order valence-electron chi connectivity index (χ1n) is 7.52. The van der Waals surface area contributed by atoms with Crippen LogP contribution in [0.2, 0.25) is 0 Å². The SMILES string of the molecule is C[C@]1(C(=O)N2CCC(c3ccncc3)CC2)CCCO1. The smallest absolute Gasteiger partial charge is 0.254 e. The summed E-state index contributed by atoms with van der Waals surface area (Å²) in [6.07, 6.45) is 7.62. The van der Waals surface area contributed by atoms with Crippen molar-refractivity contribution in [2.24, 2.45) is 0 Å². The molecule has 0 aliphatic carbocycles. The number of carbonyl (C=O) groups excluding carboxylic acids is 1. The van der Waals surface area contributed by atoms with Crippen molar-refractivity contribution in [1.29, 1.82) is 0 Å². The largest absolute Gasteiger partial charge is 0.365 e. The minimum Gasteiger partial charge on any atom is -0.365 e. The summed E-state index contributed by atoms with van der Waals surface area (Å²) in [4.78, 5) is 18.6. The van der Waals surface area contributed by atoms with Gasteiger partial charge in [0.1, 0.15) is 5.60 Å². The van der Waals surface area contributed by atoms with Gasteiger partial charge in [0.2, 0.25) is 0 Å². The topological polar surface area (TPSA) is 42.4 Å². The van der Waals surface area contributed by atoms with E-state index < -0.39 is 5.60 Å². The number of nitrogens with zero attached hydrogens (tertiary/aromatic N) is 2. The maximum Gasteiger partial charge on any atom is 0.254 e. The van der Waals surface area contributed by atoms with Crippen LogP contribution in [0.1, 0.15) is 44.1 Å². The minimum atomic E-state index is -0.566. The average molecular weight is 274 g/mol. The summed E-state index contributed by atoms with van der Waals surface area (Å²) in [5.41, 5.74) is 0.777. The minimum absolute atomic E-state index is 0.183. The van der Waals surface area contributed by atoms with Crippen molar-refractivity contribution >= 4 is 5.91 Å². The first kappa shape index (κ1) is 13.6. The monoisotopic (exact) mass is 274 g/mol. The molecule has 1 atom stereocenters. The van der Waals surface area contributed by atoms with Crippen LogP contribution < -0.4 is 0 Å². The molecule has 2 aliphatic rings.